The normalized spacial score (nSPS) is 21.3. The van der Waals surface area contributed by atoms with E-state index in [2.05, 4.69) is 27.3 Å². The Kier molecular flexibility index (Phi) is 9.34. The molecule has 0 amide bonds. The van der Waals surface area contributed by atoms with Crippen LogP contribution >= 0.6 is 47.1 Å². The molecule has 0 aliphatic carbocycles. The quantitative estimate of drug-likeness (QED) is 0.229. The Bertz CT molecular complexity index is 614. The number of guanidine groups is 1. The zero-order valence-corrected chi connectivity index (χ0v) is 18.7. The van der Waals surface area contributed by atoms with E-state index in [4.69, 9.17) is 0 Å². The summed E-state index contributed by atoms with van der Waals surface area (Å²) in [5, 5.41) is 8.20. The molecule has 0 spiro atoms. The monoisotopic (exact) mass is 504 g/mol. The minimum atomic E-state index is -3.39. The predicted octanol–water partition coefficient (Wildman–Crippen LogP) is 2.10. The zero-order valence-electron chi connectivity index (χ0n) is 13.9. The van der Waals surface area contributed by atoms with Crippen LogP contribution in [0.4, 0.5) is 0 Å². The molecule has 0 radical (unpaired) electrons. The maximum Gasteiger partial charge on any atom is 0.250 e. The lowest BCUT2D eigenvalue weighted by Crippen LogP contribution is -2.45. The molecule has 10 heteroatoms. The van der Waals surface area contributed by atoms with Gasteiger partial charge in [0.2, 0.25) is 10.0 Å². The molecule has 138 valence electrons. The average molecular weight is 504 g/mol. The molecule has 0 aromatic carbocycles. The van der Waals surface area contributed by atoms with Gasteiger partial charge in [0, 0.05) is 31.4 Å². The van der Waals surface area contributed by atoms with Gasteiger partial charge in [-0.05, 0) is 37.0 Å². The molecule has 24 heavy (non-hydrogen) atoms. The highest BCUT2D eigenvalue weighted by atomic mass is 127. The maximum atomic E-state index is 12.0. The van der Waals surface area contributed by atoms with Crippen molar-refractivity contribution in [3.8, 4) is 0 Å². The van der Waals surface area contributed by atoms with Gasteiger partial charge in [-0.3, -0.25) is 4.99 Å². The van der Waals surface area contributed by atoms with Gasteiger partial charge in [0.15, 0.2) is 5.96 Å². The first-order valence-corrected chi connectivity index (χ1v) is 10.9. The van der Waals surface area contributed by atoms with E-state index in [0.29, 0.717) is 23.3 Å². The molecule has 0 bridgehead atoms. The SMILES string of the molecule is CN=C(NCCNS(=O)(=O)c1cccs1)NCC1(C)CCCS1.I. The molecule has 1 unspecified atom stereocenters. The summed E-state index contributed by atoms with van der Waals surface area (Å²) in [6.07, 6.45) is 2.47. The van der Waals surface area contributed by atoms with Crippen LogP contribution in [0.2, 0.25) is 0 Å². The van der Waals surface area contributed by atoms with Gasteiger partial charge >= 0.3 is 0 Å². The van der Waals surface area contributed by atoms with Crippen LogP contribution in [0, 0.1) is 0 Å². The smallest absolute Gasteiger partial charge is 0.250 e. The van der Waals surface area contributed by atoms with E-state index < -0.39 is 10.0 Å². The molecule has 2 rings (SSSR count). The van der Waals surface area contributed by atoms with Gasteiger partial charge in [0.25, 0.3) is 0 Å². The van der Waals surface area contributed by atoms with E-state index in [1.165, 1.54) is 29.9 Å². The second kappa shape index (κ2) is 10.2. The molecule has 1 atom stereocenters. The molecule has 1 fully saturated rings. The van der Waals surface area contributed by atoms with Crippen molar-refractivity contribution in [2.45, 2.75) is 28.7 Å². The number of thioether (sulfide) groups is 1. The fourth-order valence-electron chi connectivity index (χ4n) is 2.32. The van der Waals surface area contributed by atoms with Crippen LogP contribution in [0.3, 0.4) is 0 Å². The van der Waals surface area contributed by atoms with Crippen molar-refractivity contribution in [2.24, 2.45) is 4.99 Å². The Morgan fingerprint density at radius 2 is 2.17 bits per heavy atom. The minimum absolute atomic E-state index is 0. The fourth-order valence-corrected chi connectivity index (χ4v) is 5.64. The van der Waals surface area contributed by atoms with E-state index in [9.17, 15) is 8.42 Å². The number of hydrogen-bond donors (Lipinski definition) is 3. The summed E-state index contributed by atoms with van der Waals surface area (Å²) in [6, 6.07) is 3.33. The largest absolute Gasteiger partial charge is 0.355 e. The van der Waals surface area contributed by atoms with E-state index in [0.717, 1.165) is 6.54 Å². The fraction of sp³-hybridized carbons (Fsp3) is 0.643. The van der Waals surface area contributed by atoms with E-state index in [-0.39, 0.29) is 28.7 Å². The maximum absolute atomic E-state index is 12.0. The predicted molar refractivity (Wildman–Crippen MR) is 114 cm³/mol. The number of sulfonamides is 1. The van der Waals surface area contributed by atoms with Crippen molar-refractivity contribution in [3.05, 3.63) is 17.5 Å². The lowest BCUT2D eigenvalue weighted by Gasteiger charge is -2.24. The summed E-state index contributed by atoms with van der Waals surface area (Å²) >= 11 is 3.20. The number of nitrogens with one attached hydrogen (secondary N) is 3. The average Bonchev–Trinajstić information content (AvgIpc) is 3.19. The highest BCUT2D eigenvalue weighted by Gasteiger charge is 2.29. The van der Waals surface area contributed by atoms with Crippen LogP contribution in [0.1, 0.15) is 19.8 Å². The highest BCUT2D eigenvalue weighted by Crippen LogP contribution is 2.36. The molecule has 0 saturated carbocycles. The lowest BCUT2D eigenvalue weighted by atomic mass is 10.1. The van der Waals surface area contributed by atoms with Gasteiger partial charge in [-0.25, -0.2) is 13.1 Å². The van der Waals surface area contributed by atoms with Crippen molar-refractivity contribution >= 4 is 63.1 Å². The third-order valence-corrected chi connectivity index (χ3v) is 8.02. The van der Waals surface area contributed by atoms with E-state index in [1.807, 2.05) is 11.8 Å². The first-order chi connectivity index (χ1) is 11.0. The Morgan fingerprint density at radius 3 is 2.75 bits per heavy atom. The third-order valence-electron chi connectivity index (χ3n) is 3.62. The number of thiophene rings is 1. The van der Waals surface area contributed by atoms with Crippen molar-refractivity contribution in [3.63, 3.8) is 0 Å². The molecule has 2 heterocycles. The van der Waals surface area contributed by atoms with Crippen molar-refractivity contribution < 1.29 is 8.42 Å². The van der Waals surface area contributed by atoms with E-state index in [1.54, 1.807) is 24.6 Å². The van der Waals surface area contributed by atoms with Gasteiger partial charge in [-0.2, -0.15) is 11.8 Å². The number of aliphatic imine (C=N–C) groups is 1. The van der Waals surface area contributed by atoms with Gasteiger partial charge in [0.1, 0.15) is 4.21 Å². The zero-order chi connectivity index (χ0) is 16.8. The summed E-state index contributed by atoms with van der Waals surface area (Å²) in [6.45, 7) is 3.92. The van der Waals surface area contributed by atoms with Gasteiger partial charge in [-0.15, -0.1) is 35.3 Å². The molecule has 1 aromatic heterocycles. The molecule has 6 nitrogen and oxygen atoms in total. The third kappa shape index (κ3) is 6.70. The highest BCUT2D eigenvalue weighted by molar-refractivity contribution is 14.0. The topological polar surface area (TPSA) is 82.6 Å². The second-order valence-electron chi connectivity index (χ2n) is 5.58. The molecule has 1 aliphatic rings. The van der Waals surface area contributed by atoms with Crippen LogP contribution in [-0.2, 0) is 10.0 Å². The van der Waals surface area contributed by atoms with Gasteiger partial charge in [0.05, 0.1) is 0 Å². The molecule has 1 aliphatic heterocycles. The minimum Gasteiger partial charge on any atom is -0.355 e. The Balaban J connectivity index is 0.00000288. The van der Waals surface area contributed by atoms with Crippen LogP contribution in [-0.4, -0.2) is 51.6 Å². The number of hydrogen-bond acceptors (Lipinski definition) is 5. The van der Waals surface area contributed by atoms with Crippen LogP contribution in [0.5, 0.6) is 0 Å². The second-order valence-corrected chi connectivity index (χ2v) is 10.2. The first-order valence-electron chi connectivity index (χ1n) is 7.57. The summed E-state index contributed by atoms with van der Waals surface area (Å²) in [5.74, 6) is 1.92. The molecule has 3 N–H and O–H groups in total. The lowest BCUT2D eigenvalue weighted by molar-refractivity contribution is 0.578. The summed E-state index contributed by atoms with van der Waals surface area (Å²) < 4.78 is 27.1. The number of nitrogens with zero attached hydrogens (tertiary/aromatic N) is 1. The van der Waals surface area contributed by atoms with Gasteiger partial charge in [-0.1, -0.05) is 6.07 Å². The van der Waals surface area contributed by atoms with Crippen LogP contribution in [0.25, 0.3) is 0 Å². The number of halogens is 1. The van der Waals surface area contributed by atoms with Crippen LogP contribution in [0.15, 0.2) is 26.7 Å². The Hall–Kier alpha value is -0.0400. The van der Waals surface area contributed by atoms with Crippen LogP contribution < -0.4 is 15.4 Å². The molecule has 1 saturated heterocycles. The Labute approximate surface area is 169 Å². The Morgan fingerprint density at radius 1 is 1.38 bits per heavy atom. The molecular formula is C14H25IN4O2S3. The molecular weight excluding hydrogens is 479 g/mol. The standard InChI is InChI=1S/C14H24N4O2S3.HI/c1-14(6-4-10-22-14)11-17-13(15-2)16-7-8-18-23(19,20)12-5-3-9-21-12;/h3,5,9,18H,4,6-8,10-11H2,1-2H3,(H2,15,16,17);1H. The van der Waals surface area contributed by atoms with Crippen molar-refractivity contribution in [2.75, 3.05) is 32.4 Å². The first kappa shape index (κ1) is 22.0. The van der Waals surface area contributed by atoms with Gasteiger partial charge < -0.3 is 10.6 Å². The van der Waals surface area contributed by atoms with Crippen molar-refractivity contribution in [1.29, 1.82) is 0 Å². The van der Waals surface area contributed by atoms with Crippen molar-refractivity contribution in [1.82, 2.24) is 15.4 Å². The molecule has 1 aromatic rings. The summed E-state index contributed by atoms with van der Waals surface area (Å²) in [7, 11) is -1.67. The summed E-state index contributed by atoms with van der Waals surface area (Å²) in [4.78, 5) is 4.17. The number of rotatable bonds is 7. The summed E-state index contributed by atoms with van der Waals surface area (Å²) in [5.41, 5.74) is 0. The van der Waals surface area contributed by atoms with E-state index >= 15 is 0 Å².